The van der Waals surface area contributed by atoms with Crippen LogP contribution >= 0.6 is 0 Å². The van der Waals surface area contributed by atoms with Crippen LogP contribution in [-0.2, 0) is 16.1 Å². The first-order valence-corrected chi connectivity index (χ1v) is 14.3. The van der Waals surface area contributed by atoms with Crippen LogP contribution in [0, 0.1) is 11.8 Å². The number of carbonyl (C=O) groups excluding carboxylic acids is 3. The van der Waals surface area contributed by atoms with E-state index in [9.17, 15) is 14.4 Å². The van der Waals surface area contributed by atoms with Gasteiger partial charge in [-0.3, -0.25) is 19.4 Å². The molecule has 1 aliphatic heterocycles. The summed E-state index contributed by atoms with van der Waals surface area (Å²) in [5, 5.41) is 6.32. The first-order chi connectivity index (χ1) is 18.4. The van der Waals surface area contributed by atoms with Crippen molar-refractivity contribution in [3.8, 4) is 0 Å². The minimum atomic E-state index is -0.423. The SMILES string of the molecule is CC(C)C(=O)[C@H](NC(=O)c1cccc(C2CCCN(C(=O)CNCc3ccccn3)C2)c1)C1CCCCC1. The Morgan fingerprint density at radius 3 is 2.55 bits per heavy atom. The zero-order chi connectivity index (χ0) is 26.9. The summed E-state index contributed by atoms with van der Waals surface area (Å²) in [5.74, 6) is 0.316. The number of hydrogen-bond acceptors (Lipinski definition) is 5. The van der Waals surface area contributed by atoms with Gasteiger partial charge in [0, 0.05) is 43.2 Å². The molecule has 2 aromatic rings. The molecule has 2 N–H and O–H groups in total. The van der Waals surface area contributed by atoms with Gasteiger partial charge in [-0.25, -0.2) is 0 Å². The molecule has 2 aliphatic rings. The van der Waals surface area contributed by atoms with Crippen LogP contribution in [0.5, 0.6) is 0 Å². The normalized spacial score (nSPS) is 19.2. The van der Waals surface area contributed by atoms with Gasteiger partial charge in [0.25, 0.3) is 5.91 Å². The third-order valence-electron chi connectivity index (χ3n) is 7.99. The second kappa shape index (κ2) is 13.7. The monoisotopic (exact) mass is 518 g/mol. The van der Waals surface area contributed by atoms with E-state index < -0.39 is 6.04 Å². The van der Waals surface area contributed by atoms with Gasteiger partial charge < -0.3 is 15.5 Å². The number of benzene rings is 1. The maximum atomic E-state index is 13.3. The predicted octanol–water partition coefficient (Wildman–Crippen LogP) is 4.48. The molecule has 204 valence electrons. The van der Waals surface area contributed by atoms with E-state index >= 15 is 0 Å². The Morgan fingerprint density at radius 2 is 1.82 bits per heavy atom. The van der Waals surface area contributed by atoms with Gasteiger partial charge in [0.1, 0.15) is 0 Å². The first-order valence-electron chi connectivity index (χ1n) is 14.3. The number of carbonyl (C=O) groups is 3. The van der Waals surface area contributed by atoms with Gasteiger partial charge in [0.2, 0.25) is 5.91 Å². The fourth-order valence-corrected chi connectivity index (χ4v) is 5.79. The Kier molecular flexibility index (Phi) is 10.0. The summed E-state index contributed by atoms with van der Waals surface area (Å²) in [6, 6.07) is 13.1. The molecule has 0 spiro atoms. The number of hydrogen-bond donors (Lipinski definition) is 2. The van der Waals surface area contributed by atoms with E-state index in [0.717, 1.165) is 56.3 Å². The highest BCUT2D eigenvalue weighted by Gasteiger charge is 2.32. The van der Waals surface area contributed by atoms with E-state index in [1.54, 1.807) is 6.20 Å². The number of likely N-dealkylation sites (tertiary alicyclic amines) is 1. The summed E-state index contributed by atoms with van der Waals surface area (Å²) in [4.78, 5) is 45.4. The Bertz CT molecular complexity index is 1080. The van der Waals surface area contributed by atoms with E-state index in [-0.39, 0.29) is 41.9 Å². The quantitative estimate of drug-likeness (QED) is 0.484. The molecule has 4 rings (SSSR count). The van der Waals surface area contributed by atoms with Crippen molar-refractivity contribution in [2.24, 2.45) is 11.8 Å². The van der Waals surface area contributed by atoms with Crippen LogP contribution in [0.3, 0.4) is 0 Å². The molecule has 38 heavy (non-hydrogen) atoms. The maximum absolute atomic E-state index is 13.3. The number of ketones is 1. The zero-order valence-corrected chi connectivity index (χ0v) is 22.8. The van der Waals surface area contributed by atoms with Crippen molar-refractivity contribution in [3.05, 3.63) is 65.5 Å². The smallest absolute Gasteiger partial charge is 0.251 e. The van der Waals surface area contributed by atoms with E-state index in [2.05, 4.69) is 15.6 Å². The summed E-state index contributed by atoms with van der Waals surface area (Å²) in [5.41, 5.74) is 2.56. The molecule has 1 aromatic heterocycles. The van der Waals surface area contributed by atoms with Crippen molar-refractivity contribution < 1.29 is 14.4 Å². The molecule has 2 heterocycles. The van der Waals surface area contributed by atoms with Crippen LogP contribution in [0.1, 0.15) is 86.3 Å². The van der Waals surface area contributed by atoms with Crippen molar-refractivity contribution in [2.75, 3.05) is 19.6 Å². The van der Waals surface area contributed by atoms with E-state index in [4.69, 9.17) is 0 Å². The summed E-state index contributed by atoms with van der Waals surface area (Å²) < 4.78 is 0. The highest BCUT2D eigenvalue weighted by molar-refractivity contribution is 5.98. The highest BCUT2D eigenvalue weighted by atomic mass is 16.2. The lowest BCUT2D eigenvalue weighted by atomic mass is 9.80. The fourth-order valence-electron chi connectivity index (χ4n) is 5.79. The molecule has 1 saturated carbocycles. The minimum Gasteiger partial charge on any atom is -0.342 e. The number of aromatic nitrogens is 1. The number of piperidine rings is 1. The van der Waals surface area contributed by atoms with Gasteiger partial charge in [-0.05, 0) is 61.4 Å². The van der Waals surface area contributed by atoms with Gasteiger partial charge in [-0.1, -0.05) is 51.3 Å². The topological polar surface area (TPSA) is 91.4 Å². The average Bonchev–Trinajstić information content (AvgIpc) is 2.96. The van der Waals surface area contributed by atoms with Crippen LogP contribution in [-0.4, -0.2) is 53.2 Å². The molecule has 2 fully saturated rings. The molecule has 0 radical (unpaired) electrons. The minimum absolute atomic E-state index is 0.0852. The van der Waals surface area contributed by atoms with E-state index in [1.165, 1.54) is 6.42 Å². The van der Waals surface area contributed by atoms with Gasteiger partial charge >= 0.3 is 0 Å². The van der Waals surface area contributed by atoms with E-state index in [0.29, 0.717) is 18.7 Å². The second-order valence-corrected chi connectivity index (χ2v) is 11.1. The number of rotatable bonds is 10. The molecule has 1 unspecified atom stereocenters. The van der Waals surface area contributed by atoms with Crippen molar-refractivity contribution >= 4 is 17.6 Å². The molecule has 0 bridgehead atoms. The number of nitrogens with one attached hydrogen (secondary N) is 2. The largest absolute Gasteiger partial charge is 0.342 e. The van der Waals surface area contributed by atoms with Crippen LogP contribution in [0.4, 0.5) is 0 Å². The first kappa shape index (κ1) is 28.0. The molecule has 7 heteroatoms. The van der Waals surface area contributed by atoms with Gasteiger partial charge in [-0.2, -0.15) is 0 Å². The van der Waals surface area contributed by atoms with Crippen LogP contribution in [0.2, 0.25) is 0 Å². The molecule has 1 aliphatic carbocycles. The summed E-state index contributed by atoms with van der Waals surface area (Å²) in [6.45, 7) is 6.05. The zero-order valence-electron chi connectivity index (χ0n) is 22.8. The fraction of sp³-hybridized carbons (Fsp3) is 0.548. The van der Waals surface area contributed by atoms with Gasteiger partial charge in [-0.15, -0.1) is 0 Å². The Hall–Kier alpha value is -3.06. The molecular weight excluding hydrogens is 476 g/mol. The summed E-state index contributed by atoms with van der Waals surface area (Å²) in [6.07, 6.45) is 9.09. The lowest BCUT2D eigenvalue weighted by molar-refractivity contribution is -0.131. The third kappa shape index (κ3) is 7.50. The number of amides is 2. The average molecular weight is 519 g/mol. The number of pyridine rings is 1. The predicted molar refractivity (Wildman–Crippen MR) is 149 cm³/mol. The molecule has 1 saturated heterocycles. The third-order valence-corrected chi connectivity index (χ3v) is 7.99. The molecule has 2 atom stereocenters. The van der Waals surface area contributed by atoms with Crippen molar-refractivity contribution in [2.45, 2.75) is 77.3 Å². The molecule has 1 aromatic carbocycles. The van der Waals surface area contributed by atoms with Crippen LogP contribution < -0.4 is 10.6 Å². The lowest BCUT2D eigenvalue weighted by Crippen LogP contribution is -2.48. The standard InChI is InChI=1S/C31H42N4O3/c1-22(2)30(37)29(23-10-4-3-5-11-23)34-31(38)25-13-8-12-24(18-25)26-14-9-17-35(21-26)28(36)20-32-19-27-15-6-7-16-33-27/h6-8,12-13,15-16,18,22-23,26,29,32H,3-5,9-11,14,17,19-21H2,1-2H3,(H,34,38)/t26?,29-/m1/s1. The Morgan fingerprint density at radius 1 is 1.00 bits per heavy atom. The van der Waals surface area contributed by atoms with Crippen molar-refractivity contribution in [1.82, 2.24) is 20.5 Å². The maximum Gasteiger partial charge on any atom is 0.251 e. The van der Waals surface area contributed by atoms with Crippen molar-refractivity contribution in [1.29, 1.82) is 0 Å². The number of Topliss-reactive ketones (excluding diaryl/α,β-unsaturated/α-hetero) is 1. The molecule has 7 nitrogen and oxygen atoms in total. The van der Waals surface area contributed by atoms with E-state index in [1.807, 2.05) is 61.2 Å². The highest BCUT2D eigenvalue weighted by Crippen LogP contribution is 2.30. The lowest BCUT2D eigenvalue weighted by Gasteiger charge is -2.33. The number of nitrogens with zero attached hydrogens (tertiary/aromatic N) is 2. The Labute approximate surface area is 226 Å². The van der Waals surface area contributed by atoms with Gasteiger partial charge in [0.05, 0.1) is 18.3 Å². The molecule has 2 amide bonds. The van der Waals surface area contributed by atoms with Crippen LogP contribution in [0.15, 0.2) is 48.7 Å². The van der Waals surface area contributed by atoms with Crippen LogP contribution in [0.25, 0.3) is 0 Å². The second-order valence-electron chi connectivity index (χ2n) is 11.1. The summed E-state index contributed by atoms with van der Waals surface area (Å²) >= 11 is 0. The molecular formula is C31H42N4O3. The summed E-state index contributed by atoms with van der Waals surface area (Å²) in [7, 11) is 0. The van der Waals surface area contributed by atoms with Gasteiger partial charge in [0.15, 0.2) is 5.78 Å². The Balaban J connectivity index is 1.36. The van der Waals surface area contributed by atoms with Crippen molar-refractivity contribution in [3.63, 3.8) is 0 Å².